The number of rotatable bonds is 6. The number of hydrogen-bond donors (Lipinski definition) is 0. The lowest BCUT2D eigenvalue weighted by Gasteiger charge is -2.27. The molecule has 71 heavy (non-hydrogen) atoms. The minimum atomic E-state index is 0.866. The lowest BCUT2D eigenvalue weighted by Crippen LogP contribution is -2.10. The Balaban J connectivity index is 0.984. The van der Waals surface area contributed by atoms with Gasteiger partial charge in [-0.15, -0.1) is 0 Å². The number of aromatic nitrogens is 1. The third kappa shape index (κ3) is 6.03. The van der Waals surface area contributed by atoms with Crippen LogP contribution in [0.25, 0.3) is 126 Å². The normalized spacial score (nSPS) is 11.9. The number of anilines is 3. The molecule has 0 aliphatic carbocycles. The fraction of sp³-hybridized carbons (Fsp3) is 0. The average Bonchev–Trinajstić information content (AvgIpc) is 3.98. The number of fused-ring (bicyclic) bond motifs is 15. The summed E-state index contributed by atoms with van der Waals surface area (Å²) in [7, 11) is 0. The third-order valence-electron chi connectivity index (χ3n) is 14.9. The predicted octanol–water partition coefficient (Wildman–Crippen LogP) is 19.3. The van der Waals surface area contributed by atoms with E-state index in [1.165, 1.54) is 81.3 Å². The molecule has 0 N–H and O–H groups in total. The Kier molecular flexibility index (Phi) is 8.66. The van der Waals surface area contributed by atoms with Gasteiger partial charge in [0.25, 0.3) is 0 Å². The van der Waals surface area contributed by atoms with Crippen LogP contribution in [0.15, 0.2) is 259 Å². The van der Waals surface area contributed by atoms with E-state index in [9.17, 15) is 0 Å². The highest BCUT2D eigenvalue weighted by Gasteiger charge is 2.24. The molecule has 15 aromatic rings. The molecule has 0 bridgehead atoms. The largest absolute Gasteiger partial charge is 0.456 e. The molecular weight excluding hydrogens is 861 g/mol. The number of hydrogen-bond acceptors (Lipinski definition) is 2. The van der Waals surface area contributed by atoms with Gasteiger partial charge >= 0.3 is 0 Å². The van der Waals surface area contributed by atoms with Crippen LogP contribution in [-0.2, 0) is 0 Å². The Morgan fingerprint density at radius 3 is 1.52 bits per heavy atom. The highest BCUT2D eigenvalue weighted by atomic mass is 16.3. The highest BCUT2D eigenvalue weighted by molar-refractivity contribution is 6.28. The van der Waals surface area contributed by atoms with Crippen molar-refractivity contribution in [2.75, 3.05) is 4.90 Å². The maximum absolute atomic E-state index is 6.80. The zero-order chi connectivity index (χ0) is 46.6. The van der Waals surface area contributed by atoms with E-state index in [1.54, 1.807) is 0 Å². The summed E-state index contributed by atoms with van der Waals surface area (Å²) in [4.78, 5) is 2.40. The summed E-state index contributed by atoms with van der Waals surface area (Å²) in [6.45, 7) is 0. The Labute approximate surface area is 409 Å². The van der Waals surface area contributed by atoms with Crippen LogP contribution in [0.1, 0.15) is 0 Å². The molecule has 0 unspecified atom stereocenters. The zero-order valence-electron chi connectivity index (χ0n) is 38.6. The lowest BCUT2D eigenvalue weighted by atomic mass is 9.91. The smallest absolute Gasteiger partial charge is 0.138 e. The Hall–Kier alpha value is -9.44. The van der Waals surface area contributed by atoms with Gasteiger partial charge < -0.3 is 13.9 Å². The first kappa shape index (κ1) is 39.5. The molecule has 15 rings (SSSR count). The van der Waals surface area contributed by atoms with E-state index in [0.717, 1.165) is 61.3 Å². The first-order chi connectivity index (χ1) is 35.2. The van der Waals surface area contributed by atoms with Crippen LogP contribution in [0.5, 0.6) is 0 Å². The fourth-order valence-electron chi connectivity index (χ4n) is 11.8. The van der Waals surface area contributed by atoms with Crippen molar-refractivity contribution in [2.45, 2.75) is 0 Å². The second-order valence-electron chi connectivity index (χ2n) is 18.8. The monoisotopic (exact) mass is 902 g/mol. The second-order valence-corrected chi connectivity index (χ2v) is 18.8. The molecule has 0 aliphatic rings. The van der Waals surface area contributed by atoms with Crippen LogP contribution in [-0.4, -0.2) is 4.57 Å². The lowest BCUT2D eigenvalue weighted by molar-refractivity contribution is 0.669. The summed E-state index contributed by atoms with van der Waals surface area (Å²) < 4.78 is 9.24. The number of nitrogens with zero attached hydrogens (tertiary/aromatic N) is 2. The first-order valence-corrected chi connectivity index (χ1v) is 24.4. The van der Waals surface area contributed by atoms with Crippen molar-refractivity contribution in [1.29, 1.82) is 0 Å². The van der Waals surface area contributed by atoms with Crippen LogP contribution in [0, 0.1) is 0 Å². The van der Waals surface area contributed by atoms with Crippen molar-refractivity contribution in [2.24, 2.45) is 0 Å². The molecule has 0 atom stereocenters. The van der Waals surface area contributed by atoms with Crippen LogP contribution >= 0.6 is 0 Å². The number of para-hydroxylation sites is 2. The molecule has 2 aromatic heterocycles. The van der Waals surface area contributed by atoms with Gasteiger partial charge in [-0.05, 0) is 132 Å². The maximum Gasteiger partial charge on any atom is 0.138 e. The minimum Gasteiger partial charge on any atom is -0.456 e. The molecule has 0 fully saturated rings. The Morgan fingerprint density at radius 2 is 0.817 bits per heavy atom. The van der Waals surface area contributed by atoms with E-state index >= 15 is 0 Å². The van der Waals surface area contributed by atoms with Crippen LogP contribution in [0.4, 0.5) is 17.1 Å². The van der Waals surface area contributed by atoms with Gasteiger partial charge in [0.1, 0.15) is 11.2 Å². The number of furan rings is 1. The molecule has 0 radical (unpaired) electrons. The van der Waals surface area contributed by atoms with Crippen LogP contribution in [0.2, 0.25) is 0 Å². The quantitative estimate of drug-likeness (QED) is 0.155. The van der Waals surface area contributed by atoms with Crippen molar-refractivity contribution in [3.05, 3.63) is 255 Å². The SMILES string of the molecule is c1ccc(-c2c3c(cc4c2c2cc(-c5ccc6c7ccccc7c7ccccc7c6c5)ccc2n4-c2ccc(N(c4ccccc4)c4cc5ccccc5c5ccccc45)cc2)oc2ccccc23)cc1. The standard InChI is InChI=1S/C68H42N2O/c1-3-17-43(18-4-1)66-67-60-40-45(44-31-37-56-54-26-10-9-24-52(54)53-25-11-12-27-55(53)59(56)39-44)32-38-61(60)70(63(67)42-65-68(66)58-29-15-16-30-64(58)71-65)49-35-33-48(34-36-49)69(47-20-5-2-6-21-47)62-41-46-19-7-8-22-50(46)51-23-13-14-28-57(51)62/h1-42H. The summed E-state index contributed by atoms with van der Waals surface area (Å²) in [5.74, 6) is 0. The van der Waals surface area contributed by atoms with E-state index in [-0.39, 0.29) is 0 Å². The molecule has 0 aliphatic heterocycles. The molecule has 3 nitrogen and oxygen atoms in total. The Morgan fingerprint density at radius 1 is 0.296 bits per heavy atom. The van der Waals surface area contributed by atoms with Crippen molar-refractivity contribution in [3.63, 3.8) is 0 Å². The van der Waals surface area contributed by atoms with E-state index in [1.807, 2.05) is 0 Å². The van der Waals surface area contributed by atoms with Crippen LogP contribution in [0.3, 0.4) is 0 Å². The van der Waals surface area contributed by atoms with Gasteiger partial charge in [0.15, 0.2) is 0 Å². The zero-order valence-corrected chi connectivity index (χ0v) is 38.6. The summed E-state index contributed by atoms with van der Waals surface area (Å²) in [6, 6.07) is 93.0. The molecule has 13 aromatic carbocycles. The van der Waals surface area contributed by atoms with Crippen molar-refractivity contribution < 1.29 is 4.42 Å². The fourth-order valence-corrected chi connectivity index (χ4v) is 11.8. The summed E-state index contributed by atoms with van der Waals surface area (Å²) in [5.41, 5.74) is 13.0. The molecule has 2 heterocycles. The molecule has 330 valence electrons. The van der Waals surface area contributed by atoms with E-state index in [4.69, 9.17) is 4.42 Å². The van der Waals surface area contributed by atoms with Gasteiger partial charge in [0.2, 0.25) is 0 Å². The van der Waals surface area contributed by atoms with E-state index in [0.29, 0.717) is 0 Å². The highest BCUT2D eigenvalue weighted by Crippen LogP contribution is 2.48. The van der Waals surface area contributed by atoms with Gasteiger partial charge in [-0.1, -0.05) is 182 Å². The van der Waals surface area contributed by atoms with Gasteiger partial charge in [-0.2, -0.15) is 0 Å². The summed E-state index contributed by atoms with van der Waals surface area (Å²) in [5, 5.41) is 17.2. The minimum absolute atomic E-state index is 0.866. The molecule has 0 spiro atoms. The van der Waals surface area contributed by atoms with E-state index < -0.39 is 0 Å². The van der Waals surface area contributed by atoms with Gasteiger partial charge in [0.05, 0.1) is 16.7 Å². The first-order valence-electron chi connectivity index (χ1n) is 24.4. The van der Waals surface area contributed by atoms with Gasteiger partial charge in [0, 0.05) is 55.6 Å². The van der Waals surface area contributed by atoms with Crippen molar-refractivity contribution in [1.82, 2.24) is 4.57 Å². The molecule has 3 heteroatoms. The van der Waals surface area contributed by atoms with E-state index in [2.05, 4.69) is 264 Å². The molecule has 0 saturated heterocycles. The van der Waals surface area contributed by atoms with Crippen molar-refractivity contribution in [3.8, 4) is 27.9 Å². The third-order valence-corrected chi connectivity index (χ3v) is 14.9. The summed E-state index contributed by atoms with van der Waals surface area (Å²) >= 11 is 0. The van der Waals surface area contributed by atoms with Crippen molar-refractivity contribution >= 4 is 115 Å². The predicted molar refractivity (Wildman–Crippen MR) is 301 cm³/mol. The van der Waals surface area contributed by atoms with Gasteiger partial charge in [-0.3, -0.25) is 0 Å². The number of benzene rings is 13. The summed E-state index contributed by atoms with van der Waals surface area (Å²) in [6.07, 6.45) is 0. The maximum atomic E-state index is 6.80. The Bertz CT molecular complexity index is 4590. The molecular formula is C68H42N2O. The molecule has 0 saturated carbocycles. The van der Waals surface area contributed by atoms with Crippen LogP contribution < -0.4 is 4.90 Å². The molecule has 0 amide bonds. The topological polar surface area (TPSA) is 21.3 Å². The second kappa shape index (κ2) is 15.5. The average molecular weight is 903 g/mol. The van der Waals surface area contributed by atoms with Gasteiger partial charge in [-0.25, -0.2) is 0 Å².